The zero-order valence-corrected chi connectivity index (χ0v) is 11.3. The number of hydrogen-bond donors (Lipinski definition) is 2. The van der Waals surface area contributed by atoms with E-state index in [1.54, 1.807) is 0 Å². The molecule has 2 N–H and O–H groups in total. The molecule has 2 fully saturated rings. The normalized spacial score (nSPS) is 24.1. The van der Waals surface area contributed by atoms with E-state index in [1.165, 1.54) is 19.4 Å². The number of rotatable bonds is 7. The van der Waals surface area contributed by atoms with Gasteiger partial charge >= 0.3 is 5.97 Å². The summed E-state index contributed by atoms with van der Waals surface area (Å²) >= 11 is 0. The van der Waals surface area contributed by atoms with Crippen LogP contribution in [0.25, 0.3) is 0 Å². The molecule has 1 heterocycles. The van der Waals surface area contributed by atoms with Crippen LogP contribution in [-0.4, -0.2) is 72.7 Å². The molecule has 0 aromatic rings. The van der Waals surface area contributed by atoms with Gasteiger partial charge in [-0.3, -0.25) is 9.69 Å². The Kier molecular flexibility index (Phi) is 4.97. The molecule has 2 rings (SSSR count). The number of nitrogens with one attached hydrogen (secondary N) is 1. The van der Waals surface area contributed by atoms with Crippen LogP contribution in [0.2, 0.25) is 0 Å². The third-order valence-electron chi connectivity index (χ3n) is 3.87. The Balaban J connectivity index is 1.69. The molecule has 0 aromatic carbocycles. The second-order valence-electron chi connectivity index (χ2n) is 5.49. The summed E-state index contributed by atoms with van der Waals surface area (Å²) in [7, 11) is 0. The van der Waals surface area contributed by atoms with Crippen molar-refractivity contribution < 1.29 is 9.90 Å². The van der Waals surface area contributed by atoms with Gasteiger partial charge in [0, 0.05) is 39.3 Å². The van der Waals surface area contributed by atoms with Gasteiger partial charge in [-0.05, 0) is 25.3 Å². The van der Waals surface area contributed by atoms with Crippen LogP contribution in [0.15, 0.2) is 0 Å². The lowest BCUT2D eigenvalue weighted by Gasteiger charge is -2.35. The first-order valence-electron chi connectivity index (χ1n) is 7.10. The van der Waals surface area contributed by atoms with E-state index in [-0.39, 0.29) is 0 Å². The quantitative estimate of drug-likeness (QED) is 0.674. The van der Waals surface area contributed by atoms with Gasteiger partial charge in [-0.15, -0.1) is 0 Å². The van der Waals surface area contributed by atoms with Crippen molar-refractivity contribution in [1.82, 2.24) is 15.1 Å². The molecular formula is C13H25N3O2. The first kappa shape index (κ1) is 13.8. The predicted octanol–water partition coefficient (Wildman–Crippen LogP) is 0.0767. The molecule has 1 atom stereocenters. The zero-order chi connectivity index (χ0) is 13.0. The van der Waals surface area contributed by atoms with Crippen LogP contribution in [0.5, 0.6) is 0 Å². The number of carboxylic acids is 1. The second-order valence-corrected chi connectivity index (χ2v) is 5.49. The first-order chi connectivity index (χ1) is 8.69. The van der Waals surface area contributed by atoms with Gasteiger partial charge in [-0.2, -0.15) is 0 Å². The summed E-state index contributed by atoms with van der Waals surface area (Å²) in [5.41, 5.74) is 0. The number of likely N-dealkylation sites (N-methyl/N-ethyl adjacent to an activating group) is 1. The van der Waals surface area contributed by atoms with Gasteiger partial charge in [0.05, 0.1) is 0 Å². The Morgan fingerprint density at radius 2 is 1.89 bits per heavy atom. The molecular weight excluding hydrogens is 230 g/mol. The van der Waals surface area contributed by atoms with Crippen LogP contribution in [0.3, 0.4) is 0 Å². The summed E-state index contributed by atoms with van der Waals surface area (Å²) in [6.45, 7) is 8.72. The Labute approximate surface area is 109 Å². The van der Waals surface area contributed by atoms with Gasteiger partial charge in [0.2, 0.25) is 0 Å². The fourth-order valence-electron chi connectivity index (χ4n) is 2.55. The minimum atomic E-state index is -0.739. The second kappa shape index (κ2) is 6.50. The molecule has 1 saturated heterocycles. The summed E-state index contributed by atoms with van der Waals surface area (Å²) in [5.74, 6) is 0.210. The molecule has 2 aliphatic rings. The van der Waals surface area contributed by atoms with Crippen LogP contribution in [0.4, 0.5) is 0 Å². The maximum atomic E-state index is 11.1. The highest BCUT2D eigenvalue weighted by Crippen LogP contribution is 2.29. The zero-order valence-electron chi connectivity index (χ0n) is 11.3. The molecule has 5 heteroatoms. The van der Waals surface area contributed by atoms with E-state index in [9.17, 15) is 4.79 Å². The Morgan fingerprint density at radius 3 is 2.39 bits per heavy atom. The fourth-order valence-corrected chi connectivity index (χ4v) is 2.55. The number of aliphatic carboxylic acids is 1. The van der Waals surface area contributed by atoms with Gasteiger partial charge in [0.25, 0.3) is 0 Å². The molecule has 0 radical (unpaired) electrons. The summed E-state index contributed by atoms with van der Waals surface area (Å²) in [6.07, 6.45) is 2.81. The van der Waals surface area contributed by atoms with E-state index in [0.717, 1.165) is 32.1 Å². The highest BCUT2D eigenvalue weighted by atomic mass is 16.4. The topological polar surface area (TPSA) is 55.8 Å². The molecule has 1 aliphatic heterocycles. The van der Waals surface area contributed by atoms with Crippen LogP contribution in [0.1, 0.15) is 19.8 Å². The molecule has 0 bridgehead atoms. The average Bonchev–Trinajstić information content (AvgIpc) is 3.15. The van der Waals surface area contributed by atoms with Crippen molar-refractivity contribution in [2.75, 3.05) is 45.8 Å². The highest BCUT2D eigenvalue weighted by Gasteiger charge is 2.27. The lowest BCUT2D eigenvalue weighted by atomic mass is 10.2. The van der Waals surface area contributed by atoms with Crippen molar-refractivity contribution in [3.63, 3.8) is 0 Å². The SMILES string of the molecule is CCNC(CN1CCN(CC2CC2)CC1)C(=O)O. The molecule has 1 saturated carbocycles. The number of piperazine rings is 1. The van der Waals surface area contributed by atoms with Crippen molar-refractivity contribution in [1.29, 1.82) is 0 Å². The molecule has 0 amide bonds. The monoisotopic (exact) mass is 255 g/mol. The minimum absolute atomic E-state index is 0.426. The molecule has 1 unspecified atom stereocenters. The van der Waals surface area contributed by atoms with E-state index in [2.05, 4.69) is 15.1 Å². The summed E-state index contributed by atoms with van der Waals surface area (Å²) in [4.78, 5) is 15.9. The van der Waals surface area contributed by atoms with Crippen molar-refractivity contribution in [2.45, 2.75) is 25.8 Å². The molecule has 0 spiro atoms. The van der Waals surface area contributed by atoms with Crippen molar-refractivity contribution in [3.8, 4) is 0 Å². The van der Waals surface area contributed by atoms with Crippen LogP contribution < -0.4 is 5.32 Å². The highest BCUT2D eigenvalue weighted by molar-refractivity contribution is 5.73. The van der Waals surface area contributed by atoms with E-state index >= 15 is 0 Å². The summed E-state index contributed by atoms with van der Waals surface area (Å²) in [6, 6.07) is -0.426. The van der Waals surface area contributed by atoms with E-state index < -0.39 is 12.0 Å². The van der Waals surface area contributed by atoms with Crippen LogP contribution in [0, 0.1) is 5.92 Å². The number of nitrogens with zero attached hydrogens (tertiary/aromatic N) is 2. The van der Waals surface area contributed by atoms with Crippen molar-refractivity contribution >= 4 is 5.97 Å². The Morgan fingerprint density at radius 1 is 1.28 bits per heavy atom. The Bertz CT molecular complexity index is 273. The summed E-state index contributed by atoms with van der Waals surface area (Å²) in [5, 5.41) is 12.1. The smallest absolute Gasteiger partial charge is 0.322 e. The predicted molar refractivity (Wildman–Crippen MR) is 70.7 cm³/mol. The molecule has 1 aliphatic carbocycles. The van der Waals surface area contributed by atoms with E-state index in [1.807, 2.05) is 6.92 Å². The molecule has 104 valence electrons. The molecule has 5 nitrogen and oxygen atoms in total. The maximum absolute atomic E-state index is 11.1. The van der Waals surface area contributed by atoms with Gasteiger partial charge in [0.1, 0.15) is 6.04 Å². The van der Waals surface area contributed by atoms with Crippen LogP contribution in [-0.2, 0) is 4.79 Å². The van der Waals surface area contributed by atoms with E-state index in [0.29, 0.717) is 13.1 Å². The van der Waals surface area contributed by atoms with Gasteiger partial charge in [-0.25, -0.2) is 0 Å². The third-order valence-corrected chi connectivity index (χ3v) is 3.87. The fraction of sp³-hybridized carbons (Fsp3) is 0.923. The number of carboxylic acid groups (broad SMARTS) is 1. The average molecular weight is 255 g/mol. The standard InChI is InChI=1S/C13H25N3O2/c1-2-14-12(13(17)18)10-16-7-5-15(6-8-16)9-11-3-4-11/h11-12,14H,2-10H2,1H3,(H,17,18). The first-order valence-corrected chi connectivity index (χ1v) is 7.10. The van der Waals surface area contributed by atoms with Crippen molar-refractivity contribution in [2.24, 2.45) is 5.92 Å². The minimum Gasteiger partial charge on any atom is -0.480 e. The van der Waals surface area contributed by atoms with Crippen LogP contribution >= 0.6 is 0 Å². The van der Waals surface area contributed by atoms with Gasteiger partial charge < -0.3 is 15.3 Å². The lowest BCUT2D eigenvalue weighted by molar-refractivity contribution is -0.140. The maximum Gasteiger partial charge on any atom is 0.322 e. The number of hydrogen-bond acceptors (Lipinski definition) is 4. The summed E-state index contributed by atoms with van der Waals surface area (Å²) < 4.78 is 0. The molecule has 0 aromatic heterocycles. The van der Waals surface area contributed by atoms with Gasteiger partial charge in [0.15, 0.2) is 0 Å². The van der Waals surface area contributed by atoms with Crippen molar-refractivity contribution in [3.05, 3.63) is 0 Å². The lowest BCUT2D eigenvalue weighted by Crippen LogP contribution is -2.52. The largest absolute Gasteiger partial charge is 0.480 e. The Hall–Kier alpha value is -0.650. The molecule has 18 heavy (non-hydrogen) atoms. The number of carbonyl (C=O) groups is 1. The van der Waals surface area contributed by atoms with Gasteiger partial charge in [-0.1, -0.05) is 6.92 Å². The third kappa shape index (κ3) is 4.23. The van der Waals surface area contributed by atoms with E-state index in [4.69, 9.17) is 5.11 Å².